The highest BCUT2D eigenvalue weighted by atomic mass is 35.7. The molecule has 2 nitrogen and oxygen atoms in total. The fourth-order valence-electron chi connectivity index (χ4n) is 2.40. The summed E-state index contributed by atoms with van der Waals surface area (Å²) in [7, 11) is 1.83. The molecule has 0 aliphatic heterocycles. The molecule has 0 aliphatic rings. The lowest BCUT2D eigenvalue weighted by atomic mass is 10.0. The Labute approximate surface area is 128 Å². The van der Waals surface area contributed by atoms with E-state index in [4.69, 9.17) is 10.7 Å². The number of unbranched alkanes of at least 4 members (excludes halogenated alkanes) is 7. The summed E-state index contributed by atoms with van der Waals surface area (Å²) in [6.07, 6.45) is 10.8. The number of halogens is 1. The molecule has 0 amide bonds. The molecular formula is C16H25ClO2S. The number of hydrogen-bond acceptors (Lipinski definition) is 2. The Kier molecular flexibility index (Phi) is 8.24. The zero-order chi connectivity index (χ0) is 14.8. The molecular weight excluding hydrogens is 292 g/mol. The van der Waals surface area contributed by atoms with Crippen molar-refractivity contribution >= 4 is 19.7 Å². The van der Waals surface area contributed by atoms with E-state index in [-0.39, 0.29) is 4.90 Å². The van der Waals surface area contributed by atoms with Crippen LogP contribution < -0.4 is 0 Å². The second-order valence-corrected chi connectivity index (χ2v) is 7.80. The molecule has 0 saturated heterocycles. The van der Waals surface area contributed by atoms with E-state index in [9.17, 15) is 8.42 Å². The van der Waals surface area contributed by atoms with Gasteiger partial charge in [0.25, 0.3) is 9.05 Å². The first kappa shape index (κ1) is 17.5. The van der Waals surface area contributed by atoms with Gasteiger partial charge in [-0.05, 0) is 24.5 Å². The van der Waals surface area contributed by atoms with E-state index in [0.29, 0.717) is 0 Å². The van der Waals surface area contributed by atoms with Crippen molar-refractivity contribution in [1.82, 2.24) is 0 Å². The summed E-state index contributed by atoms with van der Waals surface area (Å²) in [6.45, 7) is 2.22. The monoisotopic (exact) mass is 316 g/mol. The summed E-state index contributed by atoms with van der Waals surface area (Å²) < 4.78 is 22.9. The number of aryl methyl sites for hydroxylation is 1. The number of benzene rings is 1. The zero-order valence-electron chi connectivity index (χ0n) is 12.3. The van der Waals surface area contributed by atoms with Crippen molar-refractivity contribution in [2.24, 2.45) is 0 Å². The Bertz CT molecular complexity index is 483. The minimum Gasteiger partial charge on any atom is -0.207 e. The summed E-state index contributed by atoms with van der Waals surface area (Å²) >= 11 is 0. The van der Waals surface area contributed by atoms with Gasteiger partial charge in [-0.15, -0.1) is 0 Å². The quantitative estimate of drug-likeness (QED) is 0.433. The Morgan fingerprint density at radius 1 is 0.900 bits per heavy atom. The molecule has 0 saturated carbocycles. The molecule has 0 aromatic heterocycles. The molecule has 20 heavy (non-hydrogen) atoms. The van der Waals surface area contributed by atoms with Gasteiger partial charge in [-0.1, -0.05) is 70.1 Å². The molecule has 0 fully saturated rings. The fourth-order valence-corrected chi connectivity index (χ4v) is 3.57. The van der Waals surface area contributed by atoms with Crippen LogP contribution in [0.15, 0.2) is 29.2 Å². The van der Waals surface area contributed by atoms with Crippen LogP contribution in [-0.2, 0) is 15.5 Å². The van der Waals surface area contributed by atoms with E-state index >= 15 is 0 Å². The van der Waals surface area contributed by atoms with Crippen molar-refractivity contribution in [1.29, 1.82) is 0 Å². The van der Waals surface area contributed by atoms with Gasteiger partial charge in [0.15, 0.2) is 0 Å². The second kappa shape index (κ2) is 9.41. The Balaban J connectivity index is 2.29. The normalized spacial score (nSPS) is 11.7. The maximum absolute atomic E-state index is 11.5. The molecule has 1 rings (SSSR count). The van der Waals surface area contributed by atoms with Gasteiger partial charge in [-0.2, -0.15) is 0 Å². The third kappa shape index (κ3) is 6.76. The Morgan fingerprint density at radius 3 is 2.05 bits per heavy atom. The van der Waals surface area contributed by atoms with Crippen LogP contribution in [0.3, 0.4) is 0 Å². The van der Waals surface area contributed by atoms with Crippen LogP contribution in [0.5, 0.6) is 0 Å². The summed E-state index contributed by atoms with van der Waals surface area (Å²) in [5.41, 5.74) is 0.841. The van der Waals surface area contributed by atoms with Crippen molar-refractivity contribution in [3.8, 4) is 0 Å². The fraction of sp³-hybridized carbons (Fsp3) is 0.625. The molecule has 0 unspecified atom stereocenters. The van der Waals surface area contributed by atoms with E-state index in [1.54, 1.807) is 12.1 Å². The van der Waals surface area contributed by atoms with Crippen LogP contribution >= 0.6 is 10.7 Å². The molecule has 0 aliphatic carbocycles. The lowest BCUT2D eigenvalue weighted by Gasteiger charge is -2.06. The van der Waals surface area contributed by atoms with Crippen molar-refractivity contribution in [2.45, 2.75) is 69.6 Å². The molecule has 1 aromatic rings. The highest BCUT2D eigenvalue weighted by Gasteiger charge is 2.14. The van der Waals surface area contributed by atoms with Crippen LogP contribution in [0.1, 0.15) is 63.9 Å². The molecule has 0 N–H and O–H groups in total. The van der Waals surface area contributed by atoms with E-state index in [0.717, 1.165) is 24.8 Å². The van der Waals surface area contributed by atoms with E-state index in [1.165, 1.54) is 38.5 Å². The summed E-state index contributed by atoms with van der Waals surface area (Å²) in [6, 6.07) is 7.02. The first-order valence-electron chi connectivity index (χ1n) is 7.58. The van der Waals surface area contributed by atoms with Crippen molar-refractivity contribution in [2.75, 3.05) is 0 Å². The maximum atomic E-state index is 11.5. The summed E-state index contributed by atoms with van der Waals surface area (Å²) in [5.74, 6) is 0. The summed E-state index contributed by atoms with van der Waals surface area (Å²) in [4.78, 5) is 0.268. The third-order valence-electron chi connectivity index (χ3n) is 3.53. The number of rotatable bonds is 10. The molecule has 0 atom stereocenters. The molecule has 0 bridgehead atoms. The molecule has 114 valence electrons. The second-order valence-electron chi connectivity index (χ2n) is 5.27. The smallest absolute Gasteiger partial charge is 0.207 e. The van der Waals surface area contributed by atoms with Crippen molar-refractivity contribution in [3.05, 3.63) is 29.8 Å². The molecule has 0 heterocycles. The molecule has 4 heteroatoms. The van der Waals surface area contributed by atoms with Crippen LogP contribution in [0.25, 0.3) is 0 Å². The standard InChI is InChI=1S/C16H25ClO2S/c1-2-3-4-5-6-7-8-9-12-15-13-10-11-14-16(15)20(17,18)19/h10-11,13-14H,2-9,12H2,1H3. The minimum atomic E-state index is -3.62. The average Bonchev–Trinajstić information content (AvgIpc) is 2.41. The zero-order valence-corrected chi connectivity index (χ0v) is 13.8. The Morgan fingerprint density at radius 2 is 1.45 bits per heavy atom. The van der Waals surface area contributed by atoms with Crippen molar-refractivity contribution < 1.29 is 8.42 Å². The highest BCUT2D eigenvalue weighted by Crippen LogP contribution is 2.21. The maximum Gasteiger partial charge on any atom is 0.261 e. The van der Waals surface area contributed by atoms with E-state index in [2.05, 4.69) is 6.92 Å². The van der Waals surface area contributed by atoms with Crippen LogP contribution in [0.4, 0.5) is 0 Å². The SMILES string of the molecule is CCCCCCCCCCc1ccccc1S(=O)(=O)Cl. The van der Waals surface area contributed by atoms with E-state index in [1.807, 2.05) is 12.1 Å². The lowest BCUT2D eigenvalue weighted by molar-refractivity contribution is 0.573. The van der Waals surface area contributed by atoms with Gasteiger partial charge in [-0.3, -0.25) is 0 Å². The van der Waals surface area contributed by atoms with Gasteiger partial charge in [-0.25, -0.2) is 8.42 Å². The Hall–Kier alpha value is -0.540. The van der Waals surface area contributed by atoms with Gasteiger partial charge in [0.2, 0.25) is 0 Å². The predicted octanol–water partition coefficient (Wildman–Crippen LogP) is 5.30. The van der Waals surface area contributed by atoms with Gasteiger partial charge < -0.3 is 0 Å². The molecule has 0 spiro atoms. The highest BCUT2D eigenvalue weighted by molar-refractivity contribution is 8.13. The van der Waals surface area contributed by atoms with Crippen molar-refractivity contribution in [3.63, 3.8) is 0 Å². The van der Waals surface area contributed by atoms with Gasteiger partial charge in [0.1, 0.15) is 0 Å². The predicted molar refractivity (Wildman–Crippen MR) is 85.8 cm³/mol. The topological polar surface area (TPSA) is 34.1 Å². The lowest BCUT2D eigenvalue weighted by Crippen LogP contribution is -1.98. The van der Waals surface area contributed by atoms with Gasteiger partial charge in [0, 0.05) is 10.7 Å². The average molecular weight is 317 g/mol. The van der Waals surface area contributed by atoms with Crippen LogP contribution in [-0.4, -0.2) is 8.42 Å². The summed E-state index contributed by atoms with van der Waals surface area (Å²) in [5, 5.41) is 0. The van der Waals surface area contributed by atoms with Crippen LogP contribution in [0.2, 0.25) is 0 Å². The van der Waals surface area contributed by atoms with E-state index < -0.39 is 9.05 Å². The van der Waals surface area contributed by atoms with Gasteiger partial charge >= 0.3 is 0 Å². The molecule has 1 aromatic carbocycles. The minimum absolute atomic E-state index is 0.268. The first-order valence-corrected chi connectivity index (χ1v) is 9.89. The van der Waals surface area contributed by atoms with Gasteiger partial charge in [0.05, 0.1) is 4.90 Å². The van der Waals surface area contributed by atoms with Crippen LogP contribution in [0, 0.1) is 0 Å². The first-order chi connectivity index (χ1) is 9.55. The third-order valence-corrected chi connectivity index (χ3v) is 4.96. The number of hydrogen-bond donors (Lipinski definition) is 0. The molecule has 0 radical (unpaired) electrons. The largest absolute Gasteiger partial charge is 0.261 e.